The minimum atomic E-state index is -0.447. The molecule has 0 aliphatic rings. The van der Waals surface area contributed by atoms with Crippen LogP contribution in [0.4, 0.5) is 0 Å². The van der Waals surface area contributed by atoms with Crippen molar-refractivity contribution in [1.29, 1.82) is 0 Å². The van der Waals surface area contributed by atoms with Gasteiger partial charge in [-0.25, -0.2) is 10.2 Å². The number of nitrogens with one attached hydrogen (secondary N) is 1. The molecule has 1 N–H and O–H groups in total. The highest BCUT2D eigenvalue weighted by atomic mass is 79.9. The zero-order valence-electron chi connectivity index (χ0n) is 15.2. The van der Waals surface area contributed by atoms with E-state index in [0.717, 1.165) is 4.47 Å². The molecular weight excluding hydrogens is 436 g/mol. The molecule has 0 fully saturated rings. The molecule has 3 aromatic rings. The average molecular weight is 453 g/mol. The number of hydrazone groups is 1. The summed E-state index contributed by atoms with van der Waals surface area (Å²) < 4.78 is 11.5. The van der Waals surface area contributed by atoms with Gasteiger partial charge in [-0.3, -0.25) is 4.79 Å². The first-order valence-corrected chi connectivity index (χ1v) is 9.47. The SMILES string of the molecule is O=C(COc1ccccc1Br)NN=Cc1cccc(OC(=O)c2ccccc2)c1. The number of rotatable bonds is 7. The van der Waals surface area contributed by atoms with Crippen LogP contribution in [0.1, 0.15) is 15.9 Å². The van der Waals surface area contributed by atoms with Crippen molar-refractivity contribution >= 4 is 34.0 Å². The first kappa shape index (κ1) is 20.3. The Morgan fingerprint density at radius 3 is 2.52 bits per heavy atom. The predicted octanol–water partition coefficient (Wildman–Crippen LogP) is 4.20. The van der Waals surface area contributed by atoms with Gasteiger partial charge < -0.3 is 9.47 Å². The van der Waals surface area contributed by atoms with Gasteiger partial charge in [0.15, 0.2) is 6.61 Å². The van der Waals surface area contributed by atoms with E-state index in [1.165, 1.54) is 6.21 Å². The first-order chi connectivity index (χ1) is 14.1. The summed E-state index contributed by atoms with van der Waals surface area (Å²) in [5.41, 5.74) is 3.51. The second-order valence-electron chi connectivity index (χ2n) is 5.84. The number of nitrogens with zero attached hydrogens (tertiary/aromatic N) is 1. The summed E-state index contributed by atoms with van der Waals surface area (Å²) in [6.45, 7) is -0.172. The molecule has 0 spiro atoms. The first-order valence-electron chi connectivity index (χ1n) is 8.68. The highest BCUT2D eigenvalue weighted by Gasteiger charge is 2.08. The van der Waals surface area contributed by atoms with Crippen molar-refractivity contribution in [3.8, 4) is 11.5 Å². The zero-order chi connectivity index (χ0) is 20.5. The van der Waals surface area contributed by atoms with Crippen LogP contribution in [0, 0.1) is 0 Å². The van der Waals surface area contributed by atoms with Crippen molar-refractivity contribution in [3.05, 3.63) is 94.5 Å². The van der Waals surface area contributed by atoms with Crippen LogP contribution in [0.3, 0.4) is 0 Å². The van der Waals surface area contributed by atoms with Crippen LogP contribution < -0.4 is 14.9 Å². The summed E-state index contributed by atoms with van der Waals surface area (Å²) in [6, 6.07) is 22.8. The molecule has 0 atom stereocenters. The molecule has 7 heteroatoms. The van der Waals surface area contributed by atoms with Crippen molar-refractivity contribution in [2.24, 2.45) is 5.10 Å². The van der Waals surface area contributed by atoms with Gasteiger partial charge in [0.2, 0.25) is 0 Å². The largest absolute Gasteiger partial charge is 0.483 e. The standard InChI is InChI=1S/C22H17BrN2O4/c23-19-11-4-5-12-20(19)28-15-21(26)25-24-14-16-7-6-10-18(13-16)29-22(27)17-8-2-1-3-9-17/h1-14H,15H2,(H,25,26). The summed E-state index contributed by atoms with van der Waals surface area (Å²) in [6.07, 6.45) is 1.45. The van der Waals surface area contributed by atoms with E-state index in [9.17, 15) is 9.59 Å². The Bertz CT molecular complexity index is 1020. The Kier molecular flexibility index (Phi) is 7.13. The van der Waals surface area contributed by atoms with E-state index in [0.29, 0.717) is 22.6 Å². The molecule has 6 nitrogen and oxygen atoms in total. The van der Waals surface area contributed by atoms with Gasteiger partial charge in [-0.05, 0) is 57.9 Å². The van der Waals surface area contributed by atoms with Crippen LogP contribution in [0.5, 0.6) is 11.5 Å². The fourth-order valence-electron chi connectivity index (χ4n) is 2.31. The van der Waals surface area contributed by atoms with Gasteiger partial charge in [0.05, 0.1) is 16.3 Å². The number of benzene rings is 3. The molecule has 0 unspecified atom stereocenters. The Balaban J connectivity index is 1.51. The molecule has 0 aromatic heterocycles. The Labute approximate surface area is 176 Å². The number of carbonyl (C=O) groups is 2. The maximum absolute atomic E-state index is 12.1. The Hall–Kier alpha value is -3.45. The monoisotopic (exact) mass is 452 g/mol. The summed E-state index contributed by atoms with van der Waals surface area (Å²) in [7, 11) is 0. The lowest BCUT2D eigenvalue weighted by molar-refractivity contribution is -0.123. The van der Waals surface area contributed by atoms with Crippen LogP contribution in [0.2, 0.25) is 0 Å². The predicted molar refractivity (Wildman–Crippen MR) is 113 cm³/mol. The minimum absolute atomic E-state index is 0.172. The maximum Gasteiger partial charge on any atom is 0.343 e. The van der Waals surface area contributed by atoms with Crippen molar-refractivity contribution in [1.82, 2.24) is 5.43 Å². The molecule has 146 valence electrons. The molecule has 0 saturated carbocycles. The second kappa shape index (κ2) is 10.2. The van der Waals surface area contributed by atoms with Gasteiger partial charge in [-0.15, -0.1) is 0 Å². The molecule has 0 heterocycles. The summed E-state index contributed by atoms with van der Waals surface area (Å²) in [5.74, 6) is 0.104. The maximum atomic E-state index is 12.1. The van der Waals surface area contributed by atoms with Crippen molar-refractivity contribution < 1.29 is 19.1 Å². The molecule has 0 aliphatic carbocycles. The number of ether oxygens (including phenoxy) is 2. The molecule has 0 bridgehead atoms. The van der Waals surface area contributed by atoms with Gasteiger partial charge >= 0.3 is 5.97 Å². The van der Waals surface area contributed by atoms with E-state index in [2.05, 4.69) is 26.5 Å². The van der Waals surface area contributed by atoms with Crippen LogP contribution in [0.15, 0.2) is 88.4 Å². The van der Waals surface area contributed by atoms with Crippen LogP contribution >= 0.6 is 15.9 Å². The molecule has 0 saturated heterocycles. The minimum Gasteiger partial charge on any atom is -0.483 e. The van der Waals surface area contributed by atoms with Gasteiger partial charge in [0, 0.05) is 0 Å². The molecule has 1 amide bonds. The van der Waals surface area contributed by atoms with Crippen LogP contribution in [-0.4, -0.2) is 24.7 Å². The van der Waals surface area contributed by atoms with E-state index >= 15 is 0 Å². The third-order valence-electron chi connectivity index (χ3n) is 3.68. The highest BCUT2D eigenvalue weighted by Crippen LogP contribution is 2.23. The van der Waals surface area contributed by atoms with Gasteiger partial charge in [0.25, 0.3) is 5.91 Å². The highest BCUT2D eigenvalue weighted by molar-refractivity contribution is 9.10. The molecule has 3 rings (SSSR count). The lowest BCUT2D eigenvalue weighted by atomic mass is 10.2. The van der Waals surface area contributed by atoms with E-state index in [1.54, 1.807) is 54.6 Å². The summed E-state index contributed by atoms with van der Waals surface area (Å²) >= 11 is 3.35. The number of hydrogen-bond donors (Lipinski definition) is 1. The molecule has 3 aromatic carbocycles. The van der Waals surface area contributed by atoms with E-state index in [4.69, 9.17) is 9.47 Å². The van der Waals surface area contributed by atoms with Crippen molar-refractivity contribution in [2.75, 3.05) is 6.61 Å². The topological polar surface area (TPSA) is 77.0 Å². The number of esters is 1. The second-order valence-corrected chi connectivity index (χ2v) is 6.69. The Morgan fingerprint density at radius 2 is 1.72 bits per heavy atom. The fraction of sp³-hybridized carbons (Fsp3) is 0.0455. The van der Waals surface area contributed by atoms with E-state index in [1.807, 2.05) is 24.3 Å². The van der Waals surface area contributed by atoms with E-state index in [-0.39, 0.29) is 6.61 Å². The zero-order valence-corrected chi connectivity index (χ0v) is 16.8. The molecule has 0 radical (unpaired) electrons. The average Bonchev–Trinajstić information content (AvgIpc) is 2.74. The number of amides is 1. The van der Waals surface area contributed by atoms with Crippen LogP contribution in [0.25, 0.3) is 0 Å². The molecule has 29 heavy (non-hydrogen) atoms. The normalized spacial score (nSPS) is 10.5. The van der Waals surface area contributed by atoms with Crippen molar-refractivity contribution in [3.63, 3.8) is 0 Å². The fourth-order valence-corrected chi connectivity index (χ4v) is 2.71. The number of para-hydroxylation sites is 1. The quantitative estimate of drug-likeness (QED) is 0.252. The summed E-state index contributed by atoms with van der Waals surface area (Å²) in [4.78, 5) is 24.0. The van der Waals surface area contributed by atoms with Crippen molar-refractivity contribution in [2.45, 2.75) is 0 Å². The smallest absolute Gasteiger partial charge is 0.343 e. The third kappa shape index (κ3) is 6.29. The number of halogens is 1. The lowest BCUT2D eigenvalue weighted by Gasteiger charge is -2.06. The van der Waals surface area contributed by atoms with Crippen LogP contribution in [-0.2, 0) is 4.79 Å². The Morgan fingerprint density at radius 1 is 0.966 bits per heavy atom. The lowest BCUT2D eigenvalue weighted by Crippen LogP contribution is -2.24. The summed E-state index contributed by atoms with van der Waals surface area (Å²) in [5, 5.41) is 3.90. The van der Waals surface area contributed by atoms with Gasteiger partial charge in [-0.2, -0.15) is 5.10 Å². The third-order valence-corrected chi connectivity index (χ3v) is 4.33. The van der Waals surface area contributed by atoms with Gasteiger partial charge in [0.1, 0.15) is 11.5 Å². The number of hydrogen-bond acceptors (Lipinski definition) is 5. The molecule has 0 aliphatic heterocycles. The number of carbonyl (C=O) groups excluding carboxylic acids is 2. The molecular formula is C22H17BrN2O4. The van der Waals surface area contributed by atoms with E-state index < -0.39 is 11.9 Å². The van der Waals surface area contributed by atoms with Gasteiger partial charge in [-0.1, -0.05) is 42.5 Å².